The number of benzene rings is 2. The first kappa shape index (κ1) is 16.9. The molecule has 0 aliphatic carbocycles. The predicted octanol–water partition coefficient (Wildman–Crippen LogP) is 3.18. The SMILES string of the molecule is Cc1ccc(S(=O)(=O)NC(=O)c2ccncc2)cc1-c1ccccc1. The van der Waals surface area contributed by atoms with Crippen LogP contribution in [0.1, 0.15) is 15.9 Å². The van der Waals surface area contributed by atoms with Gasteiger partial charge in [0.15, 0.2) is 0 Å². The highest BCUT2D eigenvalue weighted by atomic mass is 32.2. The standard InChI is InChI=1S/C19H16N2O3S/c1-14-7-8-17(13-18(14)15-5-3-2-4-6-15)25(23,24)21-19(22)16-9-11-20-12-10-16/h2-13H,1H3,(H,21,22). The van der Waals surface area contributed by atoms with Crippen molar-refractivity contribution in [3.05, 3.63) is 84.2 Å². The van der Waals surface area contributed by atoms with Crippen LogP contribution in [0.2, 0.25) is 0 Å². The van der Waals surface area contributed by atoms with Gasteiger partial charge in [-0.3, -0.25) is 9.78 Å². The molecule has 0 radical (unpaired) electrons. The monoisotopic (exact) mass is 352 g/mol. The summed E-state index contributed by atoms with van der Waals surface area (Å²) in [5, 5.41) is 0. The van der Waals surface area contributed by atoms with Crippen molar-refractivity contribution in [3.63, 3.8) is 0 Å². The van der Waals surface area contributed by atoms with Gasteiger partial charge in [-0.2, -0.15) is 0 Å². The summed E-state index contributed by atoms with van der Waals surface area (Å²) in [5.74, 6) is -0.691. The molecule has 0 unspecified atom stereocenters. The van der Waals surface area contributed by atoms with E-state index in [1.807, 2.05) is 37.3 Å². The number of aromatic nitrogens is 1. The molecular weight excluding hydrogens is 336 g/mol. The Bertz CT molecular complexity index is 1000. The molecule has 1 N–H and O–H groups in total. The number of carbonyl (C=O) groups excluding carboxylic acids is 1. The van der Waals surface area contributed by atoms with Crippen LogP contribution in [0.3, 0.4) is 0 Å². The van der Waals surface area contributed by atoms with Gasteiger partial charge in [-0.15, -0.1) is 0 Å². The molecule has 0 spiro atoms. The highest BCUT2D eigenvalue weighted by Gasteiger charge is 2.19. The first-order valence-electron chi connectivity index (χ1n) is 7.60. The lowest BCUT2D eigenvalue weighted by Gasteiger charge is -2.11. The number of pyridine rings is 1. The summed E-state index contributed by atoms with van der Waals surface area (Å²) >= 11 is 0. The van der Waals surface area contributed by atoms with E-state index in [0.29, 0.717) is 0 Å². The van der Waals surface area contributed by atoms with Crippen LogP contribution in [-0.2, 0) is 10.0 Å². The zero-order valence-corrected chi connectivity index (χ0v) is 14.3. The fraction of sp³-hybridized carbons (Fsp3) is 0.0526. The molecule has 2 aromatic carbocycles. The van der Waals surface area contributed by atoms with Crippen molar-refractivity contribution in [3.8, 4) is 11.1 Å². The molecule has 0 fully saturated rings. The molecule has 5 nitrogen and oxygen atoms in total. The smallest absolute Gasteiger partial charge is 0.265 e. The van der Waals surface area contributed by atoms with E-state index in [1.54, 1.807) is 12.1 Å². The van der Waals surface area contributed by atoms with Gasteiger partial charge in [-0.25, -0.2) is 13.1 Å². The lowest BCUT2D eigenvalue weighted by atomic mass is 10.0. The van der Waals surface area contributed by atoms with E-state index in [-0.39, 0.29) is 10.5 Å². The largest absolute Gasteiger partial charge is 0.268 e. The van der Waals surface area contributed by atoms with Crippen molar-refractivity contribution < 1.29 is 13.2 Å². The van der Waals surface area contributed by atoms with Crippen molar-refractivity contribution in [1.29, 1.82) is 0 Å². The summed E-state index contributed by atoms with van der Waals surface area (Å²) in [4.78, 5) is 16.0. The first-order valence-corrected chi connectivity index (χ1v) is 9.09. The number of rotatable bonds is 4. The van der Waals surface area contributed by atoms with E-state index in [0.717, 1.165) is 16.7 Å². The quantitative estimate of drug-likeness (QED) is 0.782. The van der Waals surface area contributed by atoms with Gasteiger partial charge < -0.3 is 0 Å². The Morgan fingerprint density at radius 2 is 1.64 bits per heavy atom. The summed E-state index contributed by atoms with van der Waals surface area (Å²) in [5.41, 5.74) is 2.90. The molecule has 0 bridgehead atoms. The van der Waals surface area contributed by atoms with E-state index < -0.39 is 15.9 Å². The highest BCUT2D eigenvalue weighted by molar-refractivity contribution is 7.90. The third-order valence-corrected chi connectivity index (χ3v) is 5.10. The molecule has 1 amide bonds. The van der Waals surface area contributed by atoms with Gasteiger partial charge >= 0.3 is 0 Å². The van der Waals surface area contributed by atoms with Gasteiger partial charge in [-0.05, 0) is 47.9 Å². The van der Waals surface area contributed by atoms with E-state index in [1.165, 1.54) is 30.6 Å². The molecule has 0 aliphatic rings. The minimum absolute atomic E-state index is 0.0411. The molecule has 3 rings (SSSR count). The van der Waals surface area contributed by atoms with Crippen LogP contribution in [0.5, 0.6) is 0 Å². The van der Waals surface area contributed by atoms with Gasteiger partial charge in [-0.1, -0.05) is 36.4 Å². The molecule has 1 aromatic heterocycles. The number of nitrogens with zero attached hydrogens (tertiary/aromatic N) is 1. The number of sulfonamides is 1. The van der Waals surface area contributed by atoms with Crippen LogP contribution in [-0.4, -0.2) is 19.3 Å². The summed E-state index contributed by atoms with van der Waals surface area (Å²) in [7, 11) is -3.97. The summed E-state index contributed by atoms with van der Waals surface area (Å²) in [6.07, 6.45) is 2.86. The van der Waals surface area contributed by atoms with Gasteiger partial charge in [0.05, 0.1) is 4.90 Å². The molecule has 3 aromatic rings. The highest BCUT2D eigenvalue weighted by Crippen LogP contribution is 2.26. The minimum atomic E-state index is -3.97. The van der Waals surface area contributed by atoms with Crippen molar-refractivity contribution in [2.24, 2.45) is 0 Å². The fourth-order valence-corrected chi connectivity index (χ4v) is 3.44. The number of hydrogen-bond acceptors (Lipinski definition) is 4. The van der Waals surface area contributed by atoms with Crippen molar-refractivity contribution in [2.75, 3.05) is 0 Å². The third kappa shape index (κ3) is 3.75. The summed E-state index contributed by atoms with van der Waals surface area (Å²) < 4.78 is 27.2. The van der Waals surface area contributed by atoms with Crippen LogP contribution in [0.15, 0.2) is 78.0 Å². The molecule has 0 saturated carbocycles. The van der Waals surface area contributed by atoms with Gasteiger partial charge in [0.25, 0.3) is 15.9 Å². The van der Waals surface area contributed by atoms with Gasteiger partial charge in [0.2, 0.25) is 0 Å². The maximum atomic E-state index is 12.6. The Morgan fingerprint density at radius 3 is 2.32 bits per heavy atom. The average molecular weight is 352 g/mol. The second kappa shape index (κ2) is 6.86. The van der Waals surface area contributed by atoms with E-state index in [9.17, 15) is 13.2 Å². The molecule has 0 saturated heterocycles. The average Bonchev–Trinajstić information content (AvgIpc) is 2.63. The second-order valence-corrected chi connectivity index (χ2v) is 7.20. The summed E-state index contributed by atoms with van der Waals surface area (Å²) in [6.45, 7) is 1.91. The van der Waals surface area contributed by atoms with E-state index in [2.05, 4.69) is 9.71 Å². The number of hydrogen-bond donors (Lipinski definition) is 1. The number of amides is 1. The fourth-order valence-electron chi connectivity index (χ4n) is 2.44. The zero-order chi connectivity index (χ0) is 17.9. The summed E-state index contributed by atoms with van der Waals surface area (Å²) in [6, 6.07) is 17.2. The van der Waals surface area contributed by atoms with Crippen LogP contribution in [0.25, 0.3) is 11.1 Å². The van der Waals surface area contributed by atoms with Gasteiger partial charge in [0.1, 0.15) is 0 Å². The van der Waals surface area contributed by atoms with Crippen molar-refractivity contribution >= 4 is 15.9 Å². The number of nitrogens with one attached hydrogen (secondary N) is 1. The normalized spacial score (nSPS) is 11.1. The van der Waals surface area contributed by atoms with E-state index in [4.69, 9.17) is 0 Å². The molecular formula is C19H16N2O3S. The maximum Gasteiger partial charge on any atom is 0.265 e. The van der Waals surface area contributed by atoms with Crippen LogP contribution < -0.4 is 4.72 Å². The molecule has 1 heterocycles. The predicted molar refractivity (Wildman–Crippen MR) is 95.5 cm³/mol. The van der Waals surface area contributed by atoms with Crippen LogP contribution >= 0.6 is 0 Å². The first-order chi connectivity index (χ1) is 12.0. The maximum absolute atomic E-state index is 12.6. The van der Waals surface area contributed by atoms with Crippen molar-refractivity contribution in [2.45, 2.75) is 11.8 Å². The Balaban J connectivity index is 1.94. The topological polar surface area (TPSA) is 76.1 Å². The minimum Gasteiger partial charge on any atom is -0.268 e. The Kier molecular flexibility index (Phi) is 4.63. The molecule has 6 heteroatoms. The van der Waals surface area contributed by atoms with Gasteiger partial charge in [0, 0.05) is 18.0 Å². The third-order valence-electron chi connectivity index (χ3n) is 3.77. The number of aryl methyl sites for hydroxylation is 1. The zero-order valence-electron chi connectivity index (χ0n) is 13.5. The van der Waals surface area contributed by atoms with Crippen molar-refractivity contribution in [1.82, 2.24) is 9.71 Å². The van der Waals surface area contributed by atoms with Crippen LogP contribution in [0.4, 0.5) is 0 Å². The Hall–Kier alpha value is -2.99. The molecule has 0 atom stereocenters. The van der Waals surface area contributed by atoms with E-state index >= 15 is 0 Å². The number of carbonyl (C=O) groups is 1. The molecule has 126 valence electrons. The lowest BCUT2D eigenvalue weighted by Crippen LogP contribution is -2.30. The molecule has 0 aliphatic heterocycles. The Labute approximate surface area is 146 Å². The molecule has 25 heavy (non-hydrogen) atoms. The lowest BCUT2D eigenvalue weighted by molar-refractivity contribution is 0.0981. The second-order valence-electron chi connectivity index (χ2n) is 5.51. The Morgan fingerprint density at radius 1 is 0.960 bits per heavy atom. The van der Waals surface area contributed by atoms with Crippen LogP contribution in [0, 0.1) is 6.92 Å².